The van der Waals surface area contributed by atoms with Crippen molar-refractivity contribution in [2.75, 3.05) is 4.72 Å². The van der Waals surface area contributed by atoms with Gasteiger partial charge in [0.1, 0.15) is 11.5 Å². The van der Waals surface area contributed by atoms with E-state index in [1.54, 1.807) is 12.1 Å². The van der Waals surface area contributed by atoms with Gasteiger partial charge in [-0.15, -0.1) is 0 Å². The number of hydrogen-bond donors (Lipinski definition) is 1. The Labute approximate surface area is 162 Å². The maximum atomic E-state index is 13.0. The molecule has 0 unspecified atom stereocenters. The Kier molecular flexibility index (Phi) is 4.60. The molecule has 4 rings (SSSR count). The maximum Gasteiger partial charge on any atom is 0.236 e. The Morgan fingerprint density at radius 1 is 1.04 bits per heavy atom. The normalized spacial score (nSPS) is 11.6. The van der Waals surface area contributed by atoms with Crippen LogP contribution in [-0.4, -0.2) is 17.8 Å². The van der Waals surface area contributed by atoms with E-state index >= 15 is 0 Å². The summed E-state index contributed by atoms with van der Waals surface area (Å²) in [4.78, 5) is 4.64. The number of sulfonamides is 1. The average Bonchev–Trinajstić information content (AvgIpc) is 3.09. The van der Waals surface area contributed by atoms with Crippen LogP contribution in [0.25, 0.3) is 16.9 Å². The summed E-state index contributed by atoms with van der Waals surface area (Å²) in [5.41, 5.74) is 4.66. The molecular weight excluding hydrogens is 377 g/mol. The Bertz CT molecular complexity index is 1230. The van der Waals surface area contributed by atoms with Gasteiger partial charge >= 0.3 is 0 Å². The standard InChI is InChI=1S/C21H18FN3O2S/c1-15-3-2-12-25-13-20(23-21(15)25)17-6-10-19(11-7-17)24-28(26,27)14-16-4-8-18(22)9-5-16/h2-13,24H,14H2,1H3. The van der Waals surface area contributed by atoms with Crippen LogP contribution >= 0.6 is 0 Å². The van der Waals surface area contributed by atoms with Gasteiger partial charge in [0.15, 0.2) is 0 Å². The molecule has 0 aliphatic heterocycles. The molecule has 2 aromatic carbocycles. The number of imidazole rings is 1. The Morgan fingerprint density at radius 2 is 1.75 bits per heavy atom. The molecule has 0 saturated heterocycles. The SMILES string of the molecule is Cc1cccn2cc(-c3ccc(NS(=O)(=O)Cc4ccc(F)cc4)cc3)nc12. The average molecular weight is 395 g/mol. The van der Waals surface area contributed by atoms with Crippen LogP contribution in [0, 0.1) is 12.7 Å². The van der Waals surface area contributed by atoms with Gasteiger partial charge in [0.2, 0.25) is 10.0 Å². The van der Waals surface area contributed by atoms with Gasteiger partial charge in [-0.3, -0.25) is 4.72 Å². The van der Waals surface area contributed by atoms with E-state index in [9.17, 15) is 12.8 Å². The van der Waals surface area contributed by atoms with Gasteiger partial charge in [-0.05, 0) is 48.4 Å². The van der Waals surface area contributed by atoms with Gasteiger partial charge in [0.25, 0.3) is 0 Å². The van der Waals surface area contributed by atoms with Gasteiger partial charge in [-0.2, -0.15) is 0 Å². The van der Waals surface area contributed by atoms with Crippen LogP contribution in [0.5, 0.6) is 0 Å². The van der Waals surface area contributed by atoms with Crippen LogP contribution in [0.15, 0.2) is 73.1 Å². The lowest BCUT2D eigenvalue weighted by Gasteiger charge is -2.08. The largest absolute Gasteiger partial charge is 0.306 e. The van der Waals surface area contributed by atoms with Crippen molar-refractivity contribution in [3.05, 3.63) is 90.0 Å². The first-order valence-electron chi connectivity index (χ1n) is 8.69. The van der Waals surface area contributed by atoms with E-state index in [0.717, 1.165) is 22.5 Å². The van der Waals surface area contributed by atoms with Gasteiger partial charge < -0.3 is 4.40 Å². The monoisotopic (exact) mass is 395 g/mol. The zero-order chi connectivity index (χ0) is 19.7. The molecule has 0 saturated carbocycles. The lowest BCUT2D eigenvalue weighted by molar-refractivity contribution is 0.600. The van der Waals surface area contributed by atoms with Crippen molar-refractivity contribution in [1.82, 2.24) is 9.38 Å². The molecule has 2 heterocycles. The molecule has 4 aromatic rings. The smallest absolute Gasteiger partial charge is 0.236 e. The lowest BCUT2D eigenvalue weighted by atomic mass is 10.1. The summed E-state index contributed by atoms with van der Waals surface area (Å²) in [6.07, 6.45) is 3.88. The van der Waals surface area contributed by atoms with Crippen LogP contribution < -0.4 is 4.72 Å². The molecule has 0 fully saturated rings. The summed E-state index contributed by atoms with van der Waals surface area (Å²) in [5, 5.41) is 0. The first kappa shape index (κ1) is 18.2. The van der Waals surface area contributed by atoms with Gasteiger partial charge in [-0.1, -0.05) is 30.3 Å². The number of aromatic nitrogens is 2. The third kappa shape index (κ3) is 3.89. The molecule has 0 aliphatic carbocycles. The van der Waals surface area contributed by atoms with Crippen LogP contribution in [0.3, 0.4) is 0 Å². The van der Waals surface area contributed by atoms with Crippen molar-refractivity contribution in [1.29, 1.82) is 0 Å². The lowest BCUT2D eigenvalue weighted by Crippen LogP contribution is -2.15. The number of rotatable bonds is 5. The molecule has 0 amide bonds. The molecule has 2 aromatic heterocycles. The molecule has 0 aliphatic rings. The highest BCUT2D eigenvalue weighted by molar-refractivity contribution is 7.91. The van der Waals surface area contributed by atoms with E-state index in [0.29, 0.717) is 11.3 Å². The molecule has 7 heteroatoms. The third-order valence-corrected chi connectivity index (χ3v) is 5.66. The van der Waals surface area contributed by atoms with E-state index in [1.165, 1.54) is 24.3 Å². The fourth-order valence-corrected chi connectivity index (χ4v) is 4.22. The first-order valence-corrected chi connectivity index (χ1v) is 10.3. The molecule has 0 bridgehead atoms. The number of aryl methyl sites for hydroxylation is 1. The van der Waals surface area contributed by atoms with Crippen LogP contribution in [0.4, 0.5) is 10.1 Å². The number of halogens is 1. The van der Waals surface area contributed by atoms with Crippen LogP contribution in [0.2, 0.25) is 0 Å². The predicted molar refractivity (Wildman–Crippen MR) is 108 cm³/mol. The number of anilines is 1. The molecule has 5 nitrogen and oxygen atoms in total. The highest BCUT2D eigenvalue weighted by atomic mass is 32.2. The topological polar surface area (TPSA) is 63.5 Å². The zero-order valence-corrected chi connectivity index (χ0v) is 15.9. The molecule has 0 spiro atoms. The van der Waals surface area contributed by atoms with E-state index in [2.05, 4.69) is 9.71 Å². The van der Waals surface area contributed by atoms with Crippen molar-refractivity contribution in [3.63, 3.8) is 0 Å². The third-order valence-electron chi connectivity index (χ3n) is 4.40. The van der Waals surface area contributed by atoms with Crippen molar-refractivity contribution in [2.45, 2.75) is 12.7 Å². The molecular formula is C21H18FN3O2S. The van der Waals surface area contributed by atoms with E-state index in [-0.39, 0.29) is 5.75 Å². The van der Waals surface area contributed by atoms with E-state index < -0.39 is 15.8 Å². The summed E-state index contributed by atoms with van der Waals surface area (Å²) in [5.74, 6) is -0.618. The summed E-state index contributed by atoms with van der Waals surface area (Å²) in [6, 6.07) is 16.4. The zero-order valence-electron chi connectivity index (χ0n) is 15.1. The van der Waals surface area contributed by atoms with E-state index in [1.807, 2.05) is 48.0 Å². The number of pyridine rings is 1. The van der Waals surface area contributed by atoms with Gasteiger partial charge in [0.05, 0.1) is 11.4 Å². The minimum absolute atomic E-state index is 0.221. The number of fused-ring (bicyclic) bond motifs is 1. The van der Waals surface area contributed by atoms with Crippen molar-refractivity contribution < 1.29 is 12.8 Å². The Morgan fingerprint density at radius 3 is 2.43 bits per heavy atom. The number of nitrogens with zero attached hydrogens (tertiary/aromatic N) is 2. The fraction of sp³-hybridized carbons (Fsp3) is 0.0952. The number of nitrogens with one attached hydrogen (secondary N) is 1. The van der Waals surface area contributed by atoms with Gasteiger partial charge in [0, 0.05) is 23.6 Å². The Balaban J connectivity index is 1.52. The minimum atomic E-state index is -3.60. The molecule has 0 radical (unpaired) electrons. The molecule has 28 heavy (non-hydrogen) atoms. The summed E-state index contributed by atoms with van der Waals surface area (Å²) in [7, 11) is -3.60. The second kappa shape index (κ2) is 7.09. The molecule has 142 valence electrons. The van der Waals surface area contributed by atoms with Crippen LogP contribution in [-0.2, 0) is 15.8 Å². The maximum absolute atomic E-state index is 13.0. The fourth-order valence-electron chi connectivity index (χ4n) is 3.02. The van der Waals surface area contributed by atoms with Crippen LogP contribution in [0.1, 0.15) is 11.1 Å². The van der Waals surface area contributed by atoms with Crippen molar-refractivity contribution >= 4 is 21.4 Å². The quantitative estimate of drug-likeness (QED) is 0.545. The summed E-state index contributed by atoms with van der Waals surface area (Å²) < 4.78 is 42.2. The number of benzene rings is 2. The first-order chi connectivity index (χ1) is 13.4. The van der Waals surface area contributed by atoms with Crippen molar-refractivity contribution in [2.24, 2.45) is 0 Å². The molecule has 0 atom stereocenters. The highest BCUT2D eigenvalue weighted by Gasteiger charge is 2.12. The summed E-state index contributed by atoms with van der Waals surface area (Å²) >= 11 is 0. The second-order valence-electron chi connectivity index (χ2n) is 6.61. The summed E-state index contributed by atoms with van der Waals surface area (Å²) in [6.45, 7) is 2.01. The van der Waals surface area contributed by atoms with Crippen molar-refractivity contribution in [3.8, 4) is 11.3 Å². The Hall–Kier alpha value is -3.19. The predicted octanol–water partition coefficient (Wildman–Crippen LogP) is 4.39. The minimum Gasteiger partial charge on any atom is -0.306 e. The second-order valence-corrected chi connectivity index (χ2v) is 8.34. The van der Waals surface area contributed by atoms with Gasteiger partial charge in [-0.25, -0.2) is 17.8 Å². The highest BCUT2D eigenvalue weighted by Crippen LogP contribution is 2.23. The molecule has 1 N–H and O–H groups in total. The number of hydrogen-bond acceptors (Lipinski definition) is 3. The van der Waals surface area contributed by atoms with E-state index in [4.69, 9.17) is 0 Å².